The van der Waals surface area contributed by atoms with E-state index < -0.39 is 0 Å². The van der Waals surface area contributed by atoms with E-state index in [1.165, 1.54) is 10.8 Å². The molecular formula is C35H22N4O. The molecule has 4 aromatic carbocycles. The van der Waals surface area contributed by atoms with E-state index in [4.69, 9.17) is 9.40 Å². The molecule has 0 saturated heterocycles. The first-order valence-corrected chi connectivity index (χ1v) is 13.2. The monoisotopic (exact) mass is 514 g/mol. The zero-order chi connectivity index (χ0) is 26.5. The van der Waals surface area contributed by atoms with Gasteiger partial charge >= 0.3 is 0 Å². The van der Waals surface area contributed by atoms with E-state index in [1.807, 2.05) is 42.6 Å². The number of pyridine rings is 2. The molecule has 0 fully saturated rings. The van der Waals surface area contributed by atoms with Gasteiger partial charge in [-0.25, -0.2) is 4.98 Å². The number of hydrogen-bond donors (Lipinski definition) is 0. The summed E-state index contributed by atoms with van der Waals surface area (Å²) in [5, 5.41) is 2.38. The van der Waals surface area contributed by atoms with Gasteiger partial charge in [0.25, 0.3) is 0 Å². The third-order valence-corrected chi connectivity index (χ3v) is 7.39. The SMILES string of the molecule is c1ccc(-c2cccc(-n3c4ccccc4c4ccc(-c5nc6cc(-c7ccncc7)ccc6o5)cc43)c2)nc1. The molecule has 0 atom stereocenters. The Bertz CT molecular complexity index is 2160. The largest absolute Gasteiger partial charge is 0.436 e. The number of hydrogen-bond acceptors (Lipinski definition) is 4. The van der Waals surface area contributed by atoms with Crippen molar-refractivity contribution in [3.8, 4) is 39.5 Å². The quantitative estimate of drug-likeness (QED) is 0.236. The number of rotatable bonds is 4. The van der Waals surface area contributed by atoms with Gasteiger partial charge in [0.1, 0.15) is 5.52 Å². The summed E-state index contributed by atoms with van der Waals surface area (Å²) in [6.07, 6.45) is 5.43. The highest BCUT2D eigenvalue weighted by Gasteiger charge is 2.16. The average Bonchev–Trinajstić information content (AvgIpc) is 3.60. The highest BCUT2D eigenvalue weighted by molar-refractivity contribution is 6.10. The van der Waals surface area contributed by atoms with Crippen LogP contribution < -0.4 is 0 Å². The molecule has 188 valence electrons. The van der Waals surface area contributed by atoms with Gasteiger partial charge in [-0.15, -0.1) is 0 Å². The van der Waals surface area contributed by atoms with Gasteiger partial charge in [-0.2, -0.15) is 0 Å². The zero-order valence-electron chi connectivity index (χ0n) is 21.4. The number of para-hydroxylation sites is 1. The molecule has 40 heavy (non-hydrogen) atoms. The van der Waals surface area contributed by atoms with Gasteiger partial charge in [-0.1, -0.05) is 48.5 Å². The van der Waals surface area contributed by atoms with E-state index in [-0.39, 0.29) is 0 Å². The molecule has 0 bridgehead atoms. The van der Waals surface area contributed by atoms with Crippen LogP contribution in [0.2, 0.25) is 0 Å². The predicted molar refractivity (Wildman–Crippen MR) is 160 cm³/mol. The highest BCUT2D eigenvalue weighted by atomic mass is 16.3. The molecule has 0 unspecified atom stereocenters. The third-order valence-electron chi connectivity index (χ3n) is 7.39. The maximum Gasteiger partial charge on any atom is 0.227 e. The van der Waals surface area contributed by atoms with Crippen molar-refractivity contribution in [2.45, 2.75) is 0 Å². The van der Waals surface area contributed by atoms with Crippen LogP contribution in [-0.2, 0) is 0 Å². The van der Waals surface area contributed by atoms with Crippen LogP contribution in [0.1, 0.15) is 0 Å². The summed E-state index contributed by atoms with van der Waals surface area (Å²) < 4.78 is 8.56. The van der Waals surface area contributed by atoms with E-state index in [0.29, 0.717) is 5.89 Å². The number of benzene rings is 4. The first-order chi connectivity index (χ1) is 19.8. The van der Waals surface area contributed by atoms with Crippen molar-refractivity contribution in [2.24, 2.45) is 0 Å². The Morgan fingerprint density at radius 1 is 0.550 bits per heavy atom. The minimum absolute atomic E-state index is 0.600. The zero-order valence-corrected chi connectivity index (χ0v) is 21.4. The molecule has 0 radical (unpaired) electrons. The second kappa shape index (κ2) is 9.03. The lowest BCUT2D eigenvalue weighted by atomic mass is 10.1. The number of fused-ring (bicyclic) bond motifs is 4. The second-order valence-corrected chi connectivity index (χ2v) is 9.79. The van der Waals surface area contributed by atoms with Crippen LogP contribution >= 0.6 is 0 Å². The highest BCUT2D eigenvalue weighted by Crippen LogP contribution is 2.36. The van der Waals surface area contributed by atoms with Gasteiger partial charge in [0.2, 0.25) is 5.89 Å². The van der Waals surface area contributed by atoms with Crippen molar-refractivity contribution in [1.29, 1.82) is 0 Å². The molecule has 4 heterocycles. The Balaban J connectivity index is 1.29. The van der Waals surface area contributed by atoms with Crippen LogP contribution in [0.5, 0.6) is 0 Å². The summed E-state index contributed by atoms with van der Waals surface area (Å²) in [6, 6.07) is 39.6. The molecule has 8 rings (SSSR count). The molecule has 0 aliphatic carbocycles. The summed E-state index contributed by atoms with van der Waals surface area (Å²) in [4.78, 5) is 13.6. The normalized spacial score (nSPS) is 11.5. The minimum Gasteiger partial charge on any atom is -0.436 e. The van der Waals surface area contributed by atoms with Gasteiger partial charge in [0.05, 0.1) is 16.7 Å². The Morgan fingerprint density at radius 3 is 2.30 bits per heavy atom. The Hall–Kier alpha value is -5.55. The molecule has 8 aromatic rings. The Morgan fingerprint density at radius 2 is 1.40 bits per heavy atom. The molecule has 4 aromatic heterocycles. The lowest BCUT2D eigenvalue weighted by Crippen LogP contribution is -1.95. The molecule has 5 nitrogen and oxygen atoms in total. The lowest BCUT2D eigenvalue weighted by Gasteiger charge is -2.10. The first kappa shape index (κ1) is 22.4. The molecule has 0 saturated carbocycles. The molecule has 0 aliphatic heterocycles. The lowest BCUT2D eigenvalue weighted by molar-refractivity contribution is 0.620. The molecule has 0 spiro atoms. The Kier molecular flexibility index (Phi) is 5.07. The number of nitrogens with zero attached hydrogens (tertiary/aromatic N) is 4. The molecule has 0 amide bonds. The van der Waals surface area contributed by atoms with Gasteiger partial charge in [-0.05, 0) is 77.9 Å². The fourth-order valence-electron chi connectivity index (χ4n) is 5.49. The molecular weight excluding hydrogens is 492 g/mol. The van der Waals surface area contributed by atoms with Crippen molar-refractivity contribution in [3.63, 3.8) is 0 Å². The first-order valence-electron chi connectivity index (χ1n) is 13.2. The van der Waals surface area contributed by atoms with Gasteiger partial charge in [0.15, 0.2) is 5.58 Å². The van der Waals surface area contributed by atoms with Crippen LogP contribution in [0.15, 0.2) is 138 Å². The topological polar surface area (TPSA) is 56.7 Å². The molecule has 0 aliphatic rings. The van der Waals surface area contributed by atoms with Crippen molar-refractivity contribution >= 4 is 32.9 Å². The summed E-state index contributed by atoms with van der Waals surface area (Å²) >= 11 is 0. The predicted octanol–water partition coefficient (Wildman–Crippen LogP) is 8.72. The van der Waals surface area contributed by atoms with E-state index >= 15 is 0 Å². The van der Waals surface area contributed by atoms with E-state index in [0.717, 1.165) is 55.8 Å². The van der Waals surface area contributed by atoms with Crippen LogP contribution in [-0.4, -0.2) is 19.5 Å². The van der Waals surface area contributed by atoms with Gasteiger partial charge in [0, 0.05) is 46.2 Å². The van der Waals surface area contributed by atoms with Crippen molar-refractivity contribution < 1.29 is 4.42 Å². The van der Waals surface area contributed by atoms with E-state index in [9.17, 15) is 0 Å². The fraction of sp³-hybridized carbons (Fsp3) is 0. The van der Waals surface area contributed by atoms with Crippen molar-refractivity contribution in [3.05, 3.63) is 134 Å². The number of oxazole rings is 1. The maximum atomic E-state index is 6.25. The summed E-state index contributed by atoms with van der Waals surface area (Å²) in [6.45, 7) is 0. The number of aromatic nitrogens is 4. The fourth-order valence-corrected chi connectivity index (χ4v) is 5.49. The van der Waals surface area contributed by atoms with Crippen molar-refractivity contribution in [2.75, 3.05) is 0 Å². The van der Waals surface area contributed by atoms with Gasteiger partial charge in [-0.3, -0.25) is 9.97 Å². The maximum absolute atomic E-state index is 6.25. The van der Waals surface area contributed by atoms with Crippen LogP contribution in [0, 0.1) is 0 Å². The molecule has 5 heteroatoms. The summed E-state index contributed by atoms with van der Waals surface area (Å²) in [5.74, 6) is 0.600. The summed E-state index contributed by atoms with van der Waals surface area (Å²) in [7, 11) is 0. The average molecular weight is 515 g/mol. The Labute approximate surface area is 230 Å². The van der Waals surface area contributed by atoms with Crippen LogP contribution in [0.25, 0.3) is 72.4 Å². The van der Waals surface area contributed by atoms with E-state index in [1.54, 1.807) is 12.4 Å². The smallest absolute Gasteiger partial charge is 0.227 e. The minimum atomic E-state index is 0.600. The standard InChI is InChI=1S/C35H22N4O/c1-2-10-32-28(8-1)29-13-11-26(35-38-31-21-24(12-14-34(31)40-35)23-15-18-36-19-16-23)22-33(29)39(32)27-7-5-6-25(20-27)30-9-3-4-17-37-30/h1-22H. The molecule has 0 N–H and O–H groups in total. The van der Waals surface area contributed by atoms with Crippen molar-refractivity contribution in [1.82, 2.24) is 19.5 Å². The second-order valence-electron chi connectivity index (χ2n) is 9.79. The van der Waals surface area contributed by atoms with Crippen LogP contribution in [0.4, 0.5) is 0 Å². The van der Waals surface area contributed by atoms with Gasteiger partial charge < -0.3 is 8.98 Å². The summed E-state index contributed by atoms with van der Waals surface area (Å²) in [5.41, 5.74) is 10.0. The van der Waals surface area contributed by atoms with Crippen LogP contribution in [0.3, 0.4) is 0 Å². The van der Waals surface area contributed by atoms with E-state index in [2.05, 4.69) is 93.4 Å². The third kappa shape index (κ3) is 3.68.